The Bertz CT molecular complexity index is 598. The number of primary amides is 1. The second-order valence-corrected chi connectivity index (χ2v) is 6.28. The summed E-state index contributed by atoms with van der Waals surface area (Å²) in [6.07, 6.45) is 2.23. The number of nitrogens with one attached hydrogen (secondary N) is 1. The van der Waals surface area contributed by atoms with Crippen molar-refractivity contribution in [3.8, 4) is 0 Å². The molecule has 0 radical (unpaired) electrons. The molecule has 3 N–H and O–H groups in total. The van der Waals surface area contributed by atoms with Crippen LogP contribution in [0.25, 0.3) is 0 Å². The highest BCUT2D eigenvalue weighted by Crippen LogP contribution is 2.09. The molecule has 0 aromatic heterocycles. The molecule has 1 saturated heterocycles. The van der Waals surface area contributed by atoms with Gasteiger partial charge in [-0.1, -0.05) is 30.3 Å². The predicted molar refractivity (Wildman–Crippen MR) is 94.7 cm³/mol. The number of hydrogen-bond donors (Lipinski definition) is 2. The van der Waals surface area contributed by atoms with E-state index in [9.17, 15) is 14.4 Å². The van der Waals surface area contributed by atoms with Crippen molar-refractivity contribution in [2.75, 3.05) is 26.2 Å². The van der Waals surface area contributed by atoms with E-state index in [1.807, 2.05) is 18.2 Å². The van der Waals surface area contributed by atoms with Crippen LogP contribution in [0, 0.1) is 0 Å². The molecule has 0 bridgehead atoms. The standard InChI is InChI=1S/C18H26N4O3/c1-14(20-18(19)25)17(24)22-12-10-21(11-13-22)16(23)9-5-8-15-6-3-2-4-7-15/h2-4,6-7,14H,5,8-13H2,1H3,(H3,19,20,25)/t14-/m0/s1. The van der Waals surface area contributed by atoms with Crippen molar-refractivity contribution in [1.82, 2.24) is 15.1 Å². The van der Waals surface area contributed by atoms with Gasteiger partial charge in [-0.15, -0.1) is 0 Å². The largest absolute Gasteiger partial charge is 0.352 e. The number of rotatable bonds is 6. The highest BCUT2D eigenvalue weighted by atomic mass is 16.2. The Morgan fingerprint density at radius 1 is 1.08 bits per heavy atom. The molecule has 1 heterocycles. The van der Waals surface area contributed by atoms with Gasteiger partial charge in [0, 0.05) is 32.6 Å². The van der Waals surface area contributed by atoms with Crippen LogP contribution in [0.1, 0.15) is 25.3 Å². The van der Waals surface area contributed by atoms with Crippen molar-refractivity contribution in [1.29, 1.82) is 0 Å². The van der Waals surface area contributed by atoms with Crippen molar-refractivity contribution in [2.24, 2.45) is 5.73 Å². The average molecular weight is 346 g/mol. The highest BCUT2D eigenvalue weighted by molar-refractivity contribution is 5.86. The van der Waals surface area contributed by atoms with Gasteiger partial charge in [0.2, 0.25) is 11.8 Å². The van der Waals surface area contributed by atoms with Crippen LogP contribution in [0.2, 0.25) is 0 Å². The van der Waals surface area contributed by atoms with Crippen LogP contribution in [0.15, 0.2) is 30.3 Å². The first kappa shape index (κ1) is 18.8. The van der Waals surface area contributed by atoms with Crippen LogP contribution in [-0.2, 0) is 16.0 Å². The molecule has 1 aliphatic heterocycles. The van der Waals surface area contributed by atoms with Crippen LogP contribution in [0.3, 0.4) is 0 Å². The Morgan fingerprint density at radius 3 is 2.28 bits per heavy atom. The molecule has 1 aromatic carbocycles. The Kier molecular flexibility index (Phi) is 6.80. The van der Waals surface area contributed by atoms with Gasteiger partial charge in [-0.2, -0.15) is 0 Å². The predicted octanol–water partition coefficient (Wildman–Crippen LogP) is 0.737. The summed E-state index contributed by atoms with van der Waals surface area (Å²) in [5.74, 6) is -0.0404. The van der Waals surface area contributed by atoms with Crippen molar-refractivity contribution in [2.45, 2.75) is 32.2 Å². The minimum Gasteiger partial charge on any atom is -0.352 e. The number of carbonyl (C=O) groups is 3. The summed E-state index contributed by atoms with van der Waals surface area (Å²) in [4.78, 5) is 38.8. The molecule has 0 unspecified atom stereocenters. The van der Waals surface area contributed by atoms with Gasteiger partial charge in [0.25, 0.3) is 0 Å². The third kappa shape index (κ3) is 5.77. The monoisotopic (exact) mass is 346 g/mol. The molecule has 0 aliphatic carbocycles. The van der Waals surface area contributed by atoms with Crippen molar-refractivity contribution in [3.05, 3.63) is 35.9 Å². The molecule has 7 heteroatoms. The van der Waals surface area contributed by atoms with Crippen molar-refractivity contribution in [3.63, 3.8) is 0 Å². The summed E-state index contributed by atoms with van der Waals surface area (Å²) in [5.41, 5.74) is 6.27. The minimum absolute atomic E-state index is 0.131. The zero-order chi connectivity index (χ0) is 18.2. The first-order valence-electron chi connectivity index (χ1n) is 8.64. The lowest BCUT2D eigenvalue weighted by Crippen LogP contribution is -2.55. The topological polar surface area (TPSA) is 95.7 Å². The van der Waals surface area contributed by atoms with E-state index < -0.39 is 12.1 Å². The highest BCUT2D eigenvalue weighted by Gasteiger charge is 2.27. The number of piperazine rings is 1. The van der Waals surface area contributed by atoms with Gasteiger partial charge in [0.05, 0.1) is 0 Å². The smallest absolute Gasteiger partial charge is 0.312 e. The number of benzene rings is 1. The number of nitrogens with two attached hydrogens (primary N) is 1. The van der Waals surface area contributed by atoms with E-state index >= 15 is 0 Å². The summed E-state index contributed by atoms with van der Waals surface area (Å²) in [7, 11) is 0. The molecular formula is C18H26N4O3. The first-order valence-corrected chi connectivity index (χ1v) is 8.64. The molecular weight excluding hydrogens is 320 g/mol. The molecule has 2 rings (SSSR count). The van der Waals surface area contributed by atoms with E-state index in [4.69, 9.17) is 5.73 Å². The maximum atomic E-state index is 12.3. The van der Waals surface area contributed by atoms with Gasteiger partial charge in [-0.05, 0) is 25.3 Å². The number of carbonyl (C=O) groups excluding carboxylic acids is 3. The van der Waals surface area contributed by atoms with E-state index in [0.29, 0.717) is 32.6 Å². The van der Waals surface area contributed by atoms with Crippen molar-refractivity contribution < 1.29 is 14.4 Å². The van der Waals surface area contributed by atoms with E-state index in [1.54, 1.807) is 16.7 Å². The lowest BCUT2D eigenvalue weighted by molar-refractivity contribution is -0.140. The second kappa shape index (κ2) is 9.05. The van der Waals surface area contributed by atoms with Crippen LogP contribution in [0.5, 0.6) is 0 Å². The van der Waals surface area contributed by atoms with Crippen LogP contribution < -0.4 is 11.1 Å². The Morgan fingerprint density at radius 2 is 1.68 bits per heavy atom. The maximum absolute atomic E-state index is 12.3. The van der Waals surface area contributed by atoms with Crippen molar-refractivity contribution >= 4 is 17.8 Å². The van der Waals surface area contributed by atoms with Crippen LogP contribution >= 0.6 is 0 Å². The minimum atomic E-state index is -0.715. The summed E-state index contributed by atoms with van der Waals surface area (Å²) >= 11 is 0. The molecule has 0 saturated carbocycles. The molecule has 25 heavy (non-hydrogen) atoms. The summed E-state index contributed by atoms with van der Waals surface area (Å²) < 4.78 is 0. The molecule has 136 valence electrons. The molecule has 1 aliphatic rings. The quantitative estimate of drug-likeness (QED) is 0.795. The Labute approximate surface area is 148 Å². The van der Waals surface area contributed by atoms with Crippen LogP contribution in [-0.4, -0.2) is 59.9 Å². The van der Waals surface area contributed by atoms with Gasteiger partial charge in [-0.3, -0.25) is 9.59 Å². The molecule has 1 aromatic rings. The Hall–Kier alpha value is -2.57. The van der Waals surface area contributed by atoms with E-state index in [2.05, 4.69) is 17.4 Å². The fourth-order valence-corrected chi connectivity index (χ4v) is 2.97. The molecule has 0 spiro atoms. The molecule has 4 amide bonds. The lowest BCUT2D eigenvalue weighted by Gasteiger charge is -2.36. The molecule has 1 atom stereocenters. The lowest BCUT2D eigenvalue weighted by atomic mass is 10.1. The zero-order valence-electron chi connectivity index (χ0n) is 14.6. The zero-order valence-corrected chi connectivity index (χ0v) is 14.6. The number of amides is 4. The Balaban J connectivity index is 1.71. The van der Waals surface area contributed by atoms with E-state index in [1.165, 1.54) is 5.56 Å². The SMILES string of the molecule is C[C@H](NC(N)=O)C(=O)N1CCN(C(=O)CCCc2ccccc2)CC1. The average Bonchev–Trinajstić information content (AvgIpc) is 2.61. The summed E-state index contributed by atoms with van der Waals surface area (Å²) in [5, 5.41) is 2.38. The van der Waals surface area contributed by atoms with Gasteiger partial charge in [0.1, 0.15) is 6.04 Å². The first-order chi connectivity index (χ1) is 12.0. The normalized spacial score (nSPS) is 15.6. The van der Waals surface area contributed by atoms with Gasteiger partial charge in [-0.25, -0.2) is 4.79 Å². The number of nitrogens with zero attached hydrogens (tertiary/aromatic N) is 2. The third-order valence-electron chi connectivity index (χ3n) is 4.37. The second-order valence-electron chi connectivity index (χ2n) is 6.28. The number of aryl methyl sites for hydroxylation is 1. The van der Waals surface area contributed by atoms with Gasteiger partial charge < -0.3 is 20.9 Å². The molecule has 7 nitrogen and oxygen atoms in total. The van der Waals surface area contributed by atoms with E-state index in [-0.39, 0.29) is 11.8 Å². The number of urea groups is 1. The molecule has 1 fully saturated rings. The number of hydrogen-bond acceptors (Lipinski definition) is 3. The summed E-state index contributed by atoms with van der Waals surface area (Å²) in [6.45, 7) is 3.62. The summed E-state index contributed by atoms with van der Waals surface area (Å²) in [6, 6.07) is 8.75. The van der Waals surface area contributed by atoms with Gasteiger partial charge >= 0.3 is 6.03 Å². The van der Waals surface area contributed by atoms with Gasteiger partial charge in [0.15, 0.2) is 0 Å². The van der Waals surface area contributed by atoms with E-state index in [0.717, 1.165) is 12.8 Å². The third-order valence-corrected chi connectivity index (χ3v) is 4.37. The van der Waals surface area contributed by atoms with Crippen LogP contribution in [0.4, 0.5) is 4.79 Å². The maximum Gasteiger partial charge on any atom is 0.312 e. The fourth-order valence-electron chi connectivity index (χ4n) is 2.97. The fraction of sp³-hybridized carbons (Fsp3) is 0.500.